The Morgan fingerprint density at radius 3 is 1.45 bits per heavy atom. The van der Waals surface area contributed by atoms with Gasteiger partial charge in [0.25, 0.3) is 11.8 Å². The van der Waals surface area contributed by atoms with Gasteiger partial charge in [0.15, 0.2) is 0 Å². The minimum atomic E-state index is -0.798. The Labute approximate surface area is 270 Å². The fourth-order valence-corrected chi connectivity index (χ4v) is 3.97. The second-order valence-corrected chi connectivity index (χ2v) is 10.1. The van der Waals surface area contributed by atoms with Crippen LogP contribution in [0.5, 0.6) is 0 Å². The molecule has 0 aliphatic heterocycles. The summed E-state index contributed by atoms with van der Waals surface area (Å²) in [5, 5.41) is 17.1. The van der Waals surface area contributed by atoms with Gasteiger partial charge in [-0.1, -0.05) is 46.1 Å². The minimum Gasteiger partial charge on any atom is -0.384 e. The van der Waals surface area contributed by atoms with Crippen molar-refractivity contribution in [1.29, 1.82) is 0 Å². The predicted molar refractivity (Wildman–Crippen MR) is 170 cm³/mol. The summed E-state index contributed by atoms with van der Waals surface area (Å²) >= 11 is 0. The van der Waals surface area contributed by atoms with E-state index in [0.717, 1.165) is 22.3 Å². The Hall–Kier alpha value is -5.94. The number of ether oxygens (including phenoxy) is 1. The van der Waals surface area contributed by atoms with E-state index in [1.54, 1.807) is 38.3 Å². The van der Waals surface area contributed by atoms with E-state index in [-0.39, 0.29) is 23.6 Å². The van der Waals surface area contributed by atoms with Crippen LogP contribution in [0.1, 0.15) is 60.1 Å². The van der Waals surface area contributed by atoms with Gasteiger partial charge in [0.05, 0.1) is 0 Å². The van der Waals surface area contributed by atoms with Crippen LogP contribution in [0.15, 0.2) is 106 Å². The number of halogens is 2. The zero-order valence-electron chi connectivity index (χ0n) is 25.6. The lowest BCUT2D eigenvalue weighted by atomic mass is 10.1. The van der Waals surface area contributed by atoms with Crippen molar-refractivity contribution in [3.8, 4) is 46.5 Å². The molecule has 0 fully saturated rings. The molecule has 0 saturated carbocycles. The molecule has 1 N–H and O–H groups in total. The molecular weight excluding hydrogens is 602 g/mol. The largest absolute Gasteiger partial charge is 0.384 e. The summed E-state index contributed by atoms with van der Waals surface area (Å²) < 4.78 is 41.5. The standard InChI is InChI=1S/C19H15FN2O2.C18H13FN2O2/c1-13(23-2)19-21-18(22-24-19)16-10-8-14(9-11-16)6-7-15-4-3-5-17(20)12-15;1-12(22)18-20-17(21-23-18)15-9-7-13(8-10-15)5-6-14-3-2-4-16(19)11-14/h3-5,8-13H,1-2H3;2-4,7-12,22H,1H3. The molecular formula is C37H28F2N4O4. The molecule has 2 aromatic heterocycles. The van der Waals surface area contributed by atoms with Crippen molar-refractivity contribution in [2.45, 2.75) is 26.1 Å². The molecule has 0 radical (unpaired) electrons. The van der Waals surface area contributed by atoms with E-state index in [9.17, 15) is 13.9 Å². The molecule has 8 nitrogen and oxygen atoms in total. The van der Waals surface area contributed by atoms with Crippen LogP contribution in [0.3, 0.4) is 0 Å². The smallest absolute Gasteiger partial charge is 0.255 e. The van der Waals surface area contributed by atoms with Crippen molar-refractivity contribution in [3.63, 3.8) is 0 Å². The number of hydrogen-bond acceptors (Lipinski definition) is 8. The van der Waals surface area contributed by atoms with E-state index in [1.165, 1.54) is 24.3 Å². The van der Waals surface area contributed by atoms with Crippen molar-refractivity contribution in [3.05, 3.63) is 143 Å². The molecule has 2 heterocycles. The maximum atomic E-state index is 13.1. The number of hydrogen-bond donors (Lipinski definition) is 1. The highest BCUT2D eigenvalue weighted by atomic mass is 19.1. The number of benzene rings is 4. The van der Waals surface area contributed by atoms with Gasteiger partial charge in [0, 0.05) is 40.5 Å². The zero-order chi connectivity index (χ0) is 33.2. The van der Waals surface area contributed by atoms with Gasteiger partial charge in [-0.25, -0.2) is 8.78 Å². The molecule has 0 amide bonds. The van der Waals surface area contributed by atoms with Crippen molar-refractivity contribution >= 4 is 0 Å². The normalized spacial score (nSPS) is 11.6. The first-order valence-corrected chi connectivity index (χ1v) is 14.4. The van der Waals surface area contributed by atoms with Crippen LogP contribution in [-0.2, 0) is 4.74 Å². The molecule has 2 unspecified atom stereocenters. The van der Waals surface area contributed by atoms with Crippen LogP contribution in [0.25, 0.3) is 22.8 Å². The van der Waals surface area contributed by atoms with Gasteiger partial charge in [-0.05, 0) is 98.8 Å². The summed E-state index contributed by atoms with van der Waals surface area (Å²) in [7, 11) is 1.58. The summed E-state index contributed by atoms with van der Waals surface area (Å²) in [6, 6.07) is 27.0. The van der Waals surface area contributed by atoms with Gasteiger partial charge < -0.3 is 18.9 Å². The quantitative estimate of drug-likeness (QED) is 0.198. The minimum absolute atomic E-state index is 0.176. The van der Waals surface area contributed by atoms with Gasteiger partial charge in [-0.15, -0.1) is 0 Å². The van der Waals surface area contributed by atoms with Crippen molar-refractivity contribution < 1.29 is 27.7 Å². The third kappa shape index (κ3) is 9.05. The molecule has 2 atom stereocenters. The van der Waals surface area contributed by atoms with Crippen LogP contribution in [0, 0.1) is 35.3 Å². The first-order valence-electron chi connectivity index (χ1n) is 14.4. The van der Waals surface area contributed by atoms with Crippen molar-refractivity contribution in [2.75, 3.05) is 7.11 Å². The number of nitrogens with zero attached hydrogens (tertiary/aromatic N) is 4. The van der Waals surface area contributed by atoms with Crippen LogP contribution < -0.4 is 0 Å². The highest BCUT2D eigenvalue weighted by Crippen LogP contribution is 2.21. The lowest BCUT2D eigenvalue weighted by Crippen LogP contribution is -1.95. The average molecular weight is 631 g/mol. The second-order valence-electron chi connectivity index (χ2n) is 10.1. The van der Waals surface area contributed by atoms with Gasteiger partial charge in [0.1, 0.15) is 23.8 Å². The van der Waals surface area contributed by atoms with Gasteiger partial charge in [-0.3, -0.25) is 0 Å². The number of aromatic nitrogens is 4. The molecule has 10 heteroatoms. The Bertz CT molecular complexity index is 2070. The Balaban J connectivity index is 0.000000185. The molecule has 6 rings (SSSR count). The molecule has 0 aliphatic rings. The highest BCUT2D eigenvalue weighted by molar-refractivity contribution is 5.58. The maximum Gasteiger partial charge on any atom is 0.255 e. The molecule has 0 saturated heterocycles. The SMILES string of the molecule is CC(O)c1nc(-c2ccc(C#Cc3cccc(F)c3)cc2)no1.COC(C)c1nc(-c2ccc(C#Cc3cccc(F)c3)cc2)no1. The van der Waals surface area contributed by atoms with E-state index in [4.69, 9.17) is 13.8 Å². The average Bonchev–Trinajstić information content (AvgIpc) is 3.79. The van der Waals surface area contributed by atoms with Crippen LogP contribution in [0.2, 0.25) is 0 Å². The summed E-state index contributed by atoms with van der Waals surface area (Å²) in [6.07, 6.45) is -1.05. The molecule has 4 aromatic carbocycles. The molecule has 0 aliphatic carbocycles. The number of rotatable bonds is 5. The maximum absolute atomic E-state index is 13.1. The number of methoxy groups -OCH3 is 1. The lowest BCUT2D eigenvalue weighted by Gasteiger charge is -2.00. The number of aliphatic hydroxyl groups is 1. The van der Waals surface area contributed by atoms with Gasteiger partial charge >= 0.3 is 0 Å². The van der Waals surface area contributed by atoms with E-state index in [2.05, 4.69) is 44.0 Å². The highest BCUT2D eigenvalue weighted by Gasteiger charge is 2.14. The molecule has 47 heavy (non-hydrogen) atoms. The molecule has 0 bridgehead atoms. The predicted octanol–water partition coefficient (Wildman–Crippen LogP) is 7.31. The van der Waals surface area contributed by atoms with Crippen LogP contribution in [0.4, 0.5) is 8.78 Å². The zero-order valence-corrected chi connectivity index (χ0v) is 25.6. The summed E-state index contributed by atoms with van der Waals surface area (Å²) in [5.41, 5.74) is 4.44. The fourth-order valence-electron chi connectivity index (χ4n) is 3.97. The summed E-state index contributed by atoms with van der Waals surface area (Å²) in [6.45, 7) is 3.39. The first kappa shape index (κ1) is 32.5. The molecule has 234 valence electrons. The molecule has 6 aromatic rings. The number of aliphatic hydroxyl groups excluding tert-OH is 1. The molecule has 0 spiro atoms. The second kappa shape index (κ2) is 15.4. The van der Waals surface area contributed by atoms with Crippen LogP contribution >= 0.6 is 0 Å². The third-order valence-corrected chi connectivity index (χ3v) is 6.58. The van der Waals surface area contributed by atoms with Crippen molar-refractivity contribution in [1.82, 2.24) is 20.3 Å². The fraction of sp³-hybridized carbons (Fsp3) is 0.135. The van der Waals surface area contributed by atoms with E-state index >= 15 is 0 Å². The Kier molecular flexibility index (Phi) is 10.6. The van der Waals surface area contributed by atoms with Gasteiger partial charge in [-0.2, -0.15) is 9.97 Å². The van der Waals surface area contributed by atoms with E-state index in [1.807, 2.05) is 55.5 Å². The monoisotopic (exact) mass is 630 g/mol. The Morgan fingerprint density at radius 1 is 0.617 bits per heavy atom. The Morgan fingerprint density at radius 2 is 1.04 bits per heavy atom. The summed E-state index contributed by atoms with van der Waals surface area (Å²) in [4.78, 5) is 8.41. The lowest BCUT2D eigenvalue weighted by molar-refractivity contribution is 0.0886. The van der Waals surface area contributed by atoms with E-state index < -0.39 is 6.10 Å². The summed E-state index contributed by atoms with van der Waals surface area (Å²) in [5.74, 6) is 12.7. The van der Waals surface area contributed by atoms with E-state index in [0.29, 0.717) is 28.7 Å². The third-order valence-electron chi connectivity index (χ3n) is 6.58. The van der Waals surface area contributed by atoms with Crippen molar-refractivity contribution in [2.24, 2.45) is 0 Å². The topological polar surface area (TPSA) is 107 Å². The van der Waals surface area contributed by atoms with Gasteiger partial charge in [0.2, 0.25) is 11.6 Å². The van der Waals surface area contributed by atoms with Crippen LogP contribution in [-0.4, -0.2) is 32.5 Å². The first-order chi connectivity index (χ1) is 22.8.